The van der Waals surface area contributed by atoms with E-state index in [1.165, 1.54) is 6.07 Å². The molecule has 0 aliphatic rings. The number of hydrogen-bond acceptors (Lipinski definition) is 3. The average Bonchev–Trinajstić information content (AvgIpc) is 2.46. The van der Waals surface area contributed by atoms with Crippen LogP contribution in [0.25, 0.3) is 0 Å². The van der Waals surface area contributed by atoms with Gasteiger partial charge in [0.1, 0.15) is 5.75 Å². The smallest absolute Gasteiger partial charge is 0.335 e. The average molecular weight is 272 g/mol. The number of aromatic carboxylic acids is 1. The molecule has 2 aromatic rings. The third-order valence-corrected chi connectivity index (χ3v) is 2.83. The topological polar surface area (TPSA) is 55.8 Å². The van der Waals surface area contributed by atoms with Gasteiger partial charge in [-0.15, -0.1) is 0 Å². The highest BCUT2D eigenvalue weighted by atomic mass is 16.7. The Morgan fingerprint density at radius 2 is 1.90 bits per heavy atom. The maximum atomic E-state index is 10.8. The van der Waals surface area contributed by atoms with E-state index in [4.69, 9.17) is 14.6 Å². The van der Waals surface area contributed by atoms with Crippen molar-refractivity contribution >= 4 is 5.97 Å². The number of benzene rings is 2. The molecule has 2 rings (SSSR count). The highest BCUT2D eigenvalue weighted by molar-refractivity contribution is 5.88. The molecule has 2 aromatic carbocycles. The summed E-state index contributed by atoms with van der Waals surface area (Å²) in [6.45, 7) is 2.41. The monoisotopic (exact) mass is 272 g/mol. The number of carboxylic acid groups (broad SMARTS) is 1. The molecular weight excluding hydrogens is 256 g/mol. The normalized spacial score (nSPS) is 10.2. The van der Waals surface area contributed by atoms with Gasteiger partial charge in [-0.1, -0.05) is 30.3 Å². The highest BCUT2D eigenvalue weighted by Gasteiger charge is 2.06. The standard InChI is InChI=1S/C16H16O4/c1-12-9-14(16(17)18)7-8-15(12)20-11-19-10-13-5-3-2-4-6-13/h2-9H,10-11H2,1H3,(H,17,18). The lowest BCUT2D eigenvalue weighted by molar-refractivity contribution is 0.00468. The summed E-state index contributed by atoms with van der Waals surface area (Å²) in [5.41, 5.74) is 2.10. The molecule has 0 heterocycles. The van der Waals surface area contributed by atoms with Gasteiger partial charge in [0.15, 0.2) is 6.79 Å². The van der Waals surface area contributed by atoms with Crippen molar-refractivity contribution in [3.8, 4) is 5.75 Å². The fraction of sp³-hybridized carbons (Fsp3) is 0.188. The fourth-order valence-electron chi connectivity index (χ4n) is 1.78. The van der Waals surface area contributed by atoms with Gasteiger partial charge in [0.05, 0.1) is 12.2 Å². The number of carbonyl (C=O) groups is 1. The van der Waals surface area contributed by atoms with Gasteiger partial charge in [-0.25, -0.2) is 4.79 Å². The molecule has 4 heteroatoms. The van der Waals surface area contributed by atoms with Crippen molar-refractivity contribution in [2.24, 2.45) is 0 Å². The Bertz CT molecular complexity index is 578. The molecular formula is C16H16O4. The molecule has 4 nitrogen and oxygen atoms in total. The SMILES string of the molecule is Cc1cc(C(=O)O)ccc1OCOCc1ccccc1. The lowest BCUT2D eigenvalue weighted by atomic mass is 10.1. The molecule has 0 atom stereocenters. The number of rotatable bonds is 6. The zero-order valence-corrected chi connectivity index (χ0v) is 11.2. The molecule has 1 N–H and O–H groups in total. The summed E-state index contributed by atoms with van der Waals surface area (Å²) in [4.78, 5) is 10.8. The first-order chi connectivity index (χ1) is 9.66. The molecule has 0 fully saturated rings. The third-order valence-electron chi connectivity index (χ3n) is 2.83. The van der Waals surface area contributed by atoms with Crippen LogP contribution in [0.15, 0.2) is 48.5 Å². The number of ether oxygens (including phenoxy) is 2. The van der Waals surface area contributed by atoms with Gasteiger partial charge in [0.2, 0.25) is 0 Å². The van der Waals surface area contributed by atoms with Gasteiger partial charge >= 0.3 is 5.97 Å². The quantitative estimate of drug-likeness (QED) is 0.648. The summed E-state index contributed by atoms with van der Waals surface area (Å²) in [7, 11) is 0. The van der Waals surface area contributed by atoms with E-state index in [-0.39, 0.29) is 12.4 Å². The van der Waals surface area contributed by atoms with Crippen LogP contribution in [0.1, 0.15) is 21.5 Å². The van der Waals surface area contributed by atoms with Crippen LogP contribution in [0, 0.1) is 6.92 Å². The van der Waals surface area contributed by atoms with Gasteiger partial charge in [-0.2, -0.15) is 0 Å². The lowest BCUT2D eigenvalue weighted by Crippen LogP contribution is -2.05. The first-order valence-electron chi connectivity index (χ1n) is 6.25. The van der Waals surface area contributed by atoms with Crippen molar-refractivity contribution in [3.05, 3.63) is 65.2 Å². The molecule has 0 spiro atoms. The largest absolute Gasteiger partial charge is 0.478 e. The first-order valence-corrected chi connectivity index (χ1v) is 6.25. The minimum absolute atomic E-state index is 0.127. The molecule has 20 heavy (non-hydrogen) atoms. The van der Waals surface area contributed by atoms with Crippen molar-refractivity contribution in [2.75, 3.05) is 6.79 Å². The summed E-state index contributed by atoms with van der Waals surface area (Å²) in [6.07, 6.45) is 0. The zero-order chi connectivity index (χ0) is 14.4. The van der Waals surface area contributed by atoms with Crippen LogP contribution >= 0.6 is 0 Å². The van der Waals surface area contributed by atoms with Crippen molar-refractivity contribution in [1.82, 2.24) is 0 Å². The van der Waals surface area contributed by atoms with Gasteiger partial charge in [-0.05, 0) is 36.2 Å². The number of aryl methyl sites for hydroxylation is 1. The van der Waals surface area contributed by atoms with E-state index >= 15 is 0 Å². The zero-order valence-electron chi connectivity index (χ0n) is 11.2. The van der Waals surface area contributed by atoms with E-state index in [0.29, 0.717) is 12.4 Å². The minimum atomic E-state index is -0.944. The van der Waals surface area contributed by atoms with E-state index in [2.05, 4.69) is 0 Å². The Labute approximate surface area is 117 Å². The van der Waals surface area contributed by atoms with Crippen LogP contribution in [0.5, 0.6) is 5.75 Å². The van der Waals surface area contributed by atoms with Crippen LogP contribution in [0.2, 0.25) is 0 Å². The van der Waals surface area contributed by atoms with Gasteiger partial charge in [-0.3, -0.25) is 0 Å². The maximum Gasteiger partial charge on any atom is 0.335 e. The van der Waals surface area contributed by atoms with Crippen LogP contribution in [-0.2, 0) is 11.3 Å². The molecule has 0 aliphatic heterocycles. The lowest BCUT2D eigenvalue weighted by Gasteiger charge is -2.10. The summed E-state index contributed by atoms with van der Waals surface area (Å²) < 4.78 is 10.9. The maximum absolute atomic E-state index is 10.8. The Hall–Kier alpha value is -2.33. The van der Waals surface area contributed by atoms with Crippen LogP contribution in [0.3, 0.4) is 0 Å². The molecule has 0 radical (unpaired) electrons. The Morgan fingerprint density at radius 3 is 2.55 bits per heavy atom. The van der Waals surface area contributed by atoms with Gasteiger partial charge in [0.25, 0.3) is 0 Å². The minimum Gasteiger partial charge on any atom is -0.478 e. The molecule has 0 aliphatic carbocycles. The van der Waals surface area contributed by atoms with E-state index in [9.17, 15) is 4.79 Å². The molecule has 0 unspecified atom stereocenters. The predicted octanol–water partition coefficient (Wildman–Crippen LogP) is 3.25. The van der Waals surface area contributed by atoms with Crippen molar-refractivity contribution in [3.63, 3.8) is 0 Å². The Kier molecular flexibility index (Phi) is 4.74. The van der Waals surface area contributed by atoms with Crippen LogP contribution < -0.4 is 4.74 Å². The van der Waals surface area contributed by atoms with E-state index < -0.39 is 5.97 Å². The Balaban J connectivity index is 1.84. The Morgan fingerprint density at radius 1 is 1.15 bits per heavy atom. The van der Waals surface area contributed by atoms with Crippen molar-refractivity contribution in [2.45, 2.75) is 13.5 Å². The predicted molar refractivity (Wildman–Crippen MR) is 74.9 cm³/mol. The second-order valence-electron chi connectivity index (χ2n) is 4.38. The molecule has 0 aromatic heterocycles. The third kappa shape index (κ3) is 3.83. The highest BCUT2D eigenvalue weighted by Crippen LogP contribution is 2.19. The summed E-state index contributed by atoms with van der Waals surface area (Å²) in [5.74, 6) is -0.317. The number of hydrogen-bond donors (Lipinski definition) is 1. The van der Waals surface area contributed by atoms with Crippen LogP contribution in [-0.4, -0.2) is 17.9 Å². The first kappa shape index (κ1) is 14.1. The molecule has 0 bridgehead atoms. The second-order valence-corrected chi connectivity index (χ2v) is 4.38. The van der Waals surface area contributed by atoms with Crippen LogP contribution in [0.4, 0.5) is 0 Å². The molecule has 0 saturated carbocycles. The summed E-state index contributed by atoms with van der Waals surface area (Å²) in [6, 6.07) is 14.6. The van der Waals surface area contributed by atoms with E-state index in [0.717, 1.165) is 11.1 Å². The molecule has 104 valence electrons. The molecule has 0 amide bonds. The molecule has 0 saturated heterocycles. The second kappa shape index (κ2) is 6.73. The van der Waals surface area contributed by atoms with E-state index in [1.807, 2.05) is 30.3 Å². The van der Waals surface area contributed by atoms with E-state index in [1.54, 1.807) is 19.1 Å². The fourth-order valence-corrected chi connectivity index (χ4v) is 1.78. The van der Waals surface area contributed by atoms with Crippen molar-refractivity contribution in [1.29, 1.82) is 0 Å². The number of carboxylic acids is 1. The van der Waals surface area contributed by atoms with Crippen molar-refractivity contribution < 1.29 is 19.4 Å². The van der Waals surface area contributed by atoms with Gasteiger partial charge < -0.3 is 14.6 Å². The summed E-state index contributed by atoms with van der Waals surface area (Å²) in [5, 5.41) is 8.87. The summed E-state index contributed by atoms with van der Waals surface area (Å²) >= 11 is 0. The van der Waals surface area contributed by atoms with Gasteiger partial charge in [0, 0.05) is 0 Å².